The van der Waals surface area contributed by atoms with Crippen molar-refractivity contribution in [2.75, 3.05) is 14.2 Å². The summed E-state index contributed by atoms with van der Waals surface area (Å²) in [6.45, 7) is 0. The Hall–Kier alpha value is -2.24. The van der Waals surface area contributed by atoms with Crippen LogP contribution in [0.5, 0.6) is 11.5 Å². The summed E-state index contributed by atoms with van der Waals surface area (Å²) in [5.41, 5.74) is 1.87. The van der Waals surface area contributed by atoms with E-state index >= 15 is 0 Å². The summed E-state index contributed by atoms with van der Waals surface area (Å²) in [6, 6.07) is 5.21. The number of oxime groups is 1. The number of carbonyl (C=O) groups excluding carboxylic acids is 1. The highest BCUT2D eigenvalue weighted by Gasteiger charge is 2.22. The van der Waals surface area contributed by atoms with Crippen LogP contribution in [0.3, 0.4) is 0 Å². The number of hydrogen-bond acceptors (Lipinski definition) is 6. The van der Waals surface area contributed by atoms with Crippen LogP contribution in [0.1, 0.15) is 24.8 Å². The van der Waals surface area contributed by atoms with E-state index in [4.69, 9.17) is 9.57 Å². The van der Waals surface area contributed by atoms with Crippen molar-refractivity contribution in [3.63, 3.8) is 0 Å². The Morgan fingerprint density at radius 3 is 3.00 bits per heavy atom. The lowest BCUT2D eigenvalue weighted by Gasteiger charge is -2.10. The van der Waals surface area contributed by atoms with E-state index in [9.17, 15) is 9.90 Å². The first-order valence-corrected chi connectivity index (χ1v) is 6.76. The van der Waals surface area contributed by atoms with Gasteiger partial charge in [0.15, 0.2) is 11.5 Å². The van der Waals surface area contributed by atoms with Gasteiger partial charge in [-0.3, -0.25) is 4.79 Å². The van der Waals surface area contributed by atoms with Crippen molar-refractivity contribution in [3.05, 3.63) is 23.8 Å². The SMILES string of the molecule is COC(=O)CCC1=NOC(Cc2ccc(O)c(OC)c2)C1. The molecule has 1 atom stereocenters. The van der Waals surface area contributed by atoms with Crippen LogP contribution in [-0.4, -0.2) is 37.1 Å². The fourth-order valence-electron chi connectivity index (χ4n) is 2.20. The Balaban J connectivity index is 1.85. The molecule has 6 nitrogen and oxygen atoms in total. The molecule has 1 aliphatic heterocycles. The molecule has 6 heteroatoms. The number of phenols is 1. The van der Waals surface area contributed by atoms with Gasteiger partial charge in [0.25, 0.3) is 0 Å². The summed E-state index contributed by atoms with van der Waals surface area (Å²) in [4.78, 5) is 16.5. The molecular formula is C15H19NO5. The van der Waals surface area contributed by atoms with Crippen molar-refractivity contribution in [3.8, 4) is 11.5 Å². The number of hydrogen-bond donors (Lipinski definition) is 1. The number of esters is 1. The molecule has 1 aromatic rings. The van der Waals surface area contributed by atoms with Gasteiger partial charge in [-0.05, 0) is 24.1 Å². The predicted octanol–water partition coefficient (Wildman–Crippen LogP) is 2.04. The van der Waals surface area contributed by atoms with Gasteiger partial charge in [-0.1, -0.05) is 11.2 Å². The van der Waals surface area contributed by atoms with Crippen LogP contribution in [0.15, 0.2) is 23.4 Å². The molecule has 1 N–H and O–H groups in total. The molecule has 21 heavy (non-hydrogen) atoms. The van der Waals surface area contributed by atoms with Crippen molar-refractivity contribution < 1.29 is 24.2 Å². The number of carbonyl (C=O) groups is 1. The smallest absolute Gasteiger partial charge is 0.305 e. The van der Waals surface area contributed by atoms with E-state index in [2.05, 4.69) is 9.89 Å². The van der Waals surface area contributed by atoms with E-state index in [1.54, 1.807) is 12.1 Å². The first-order valence-electron chi connectivity index (χ1n) is 6.76. The molecule has 1 heterocycles. The molecule has 0 bridgehead atoms. The summed E-state index contributed by atoms with van der Waals surface area (Å²) in [5.74, 6) is 0.311. The Kier molecular flexibility index (Phi) is 5.03. The molecule has 0 amide bonds. The van der Waals surface area contributed by atoms with Crippen LogP contribution in [-0.2, 0) is 20.8 Å². The van der Waals surface area contributed by atoms with Crippen molar-refractivity contribution in [2.24, 2.45) is 5.16 Å². The largest absolute Gasteiger partial charge is 0.504 e. The van der Waals surface area contributed by atoms with Crippen molar-refractivity contribution in [1.29, 1.82) is 0 Å². The summed E-state index contributed by atoms with van der Waals surface area (Å²) >= 11 is 0. The summed E-state index contributed by atoms with van der Waals surface area (Å²) in [7, 11) is 2.88. The highest BCUT2D eigenvalue weighted by Crippen LogP contribution is 2.28. The van der Waals surface area contributed by atoms with E-state index in [1.807, 2.05) is 6.07 Å². The highest BCUT2D eigenvalue weighted by molar-refractivity contribution is 5.88. The van der Waals surface area contributed by atoms with E-state index in [0.29, 0.717) is 31.4 Å². The summed E-state index contributed by atoms with van der Waals surface area (Å²) < 4.78 is 9.67. The molecule has 1 unspecified atom stereocenters. The molecule has 1 aliphatic rings. The first kappa shape index (κ1) is 15.2. The molecular weight excluding hydrogens is 274 g/mol. The normalized spacial score (nSPS) is 17.0. The Labute approximate surface area is 123 Å². The van der Waals surface area contributed by atoms with Gasteiger partial charge in [0.05, 0.1) is 26.4 Å². The monoisotopic (exact) mass is 293 g/mol. The lowest BCUT2D eigenvalue weighted by Crippen LogP contribution is -2.12. The quantitative estimate of drug-likeness (QED) is 0.812. The third kappa shape index (κ3) is 4.11. The Bertz CT molecular complexity index is 541. The zero-order valence-electron chi connectivity index (χ0n) is 12.2. The standard InChI is InChI=1S/C15H19NO5/c1-19-14-8-10(3-5-13(14)17)7-12-9-11(16-21-12)4-6-15(18)20-2/h3,5,8,12,17H,4,6-7,9H2,1-2H3. The number of rotatable bonds is 6. The van der Waals surface area contributed by atoms with E-state index in [1.165, 1.54) is 14.2 Å². The van der Waals surface area contributed by atoms with Crippen LogP contribution >= 0.6 is 0 Å². The van der Waals surface area contributed by atoms with Gasteiger partial charge in [-0.2, -0.15) is 0 Å². The first-order chi connectivity index (χ1) is 10.1. The predicted molar refractivity (Wildman–Crippen MR) is 76.5 cm³/mol. The van der Waals surface area contributed by atoms with Gasteiger partial charge >= 0.3 is 5.97 Å². The molecule has 0 saturated heterocycles. The van der Waals surface area contributed by atoms with Crippen molar-refractivity contribution >= 4 is 11.7 Å². The van der Waals surface area contributed by atoms with Crippen LogP contribution in [0, 0.1) is 0 Å². The minimum atomic E-state index is -0.246. The molecule has 0 aliphatic carbocycles. The van der Waals surface area contributed by atoms with Gasteiger partial charge < -0.3 is 19.4 Å². The van der Waals surface area contributed by atoms with E-state index < -0.39 is 0 Å². The second-order valence-electron chi connectivity index (χ2n) is 4.88. The summed E-state index contributed by atoms with van der Waals surface area (Å²) in [6.07, 6.45) is 2.19. The topological polar surface area (TPSA) is 77.4 Å². The lowest BCUT2D eigenvalue weighted by atomic mass is 10.0. The van der Waals surface area contributed by atoms with E-state index in [0.717, 1.165) is 11.3 Å². The molecule has 0 radical (unpaired) electrons. The Morgan fingerprint density at radius 2 is 2.29 bits per heavy atom. The molecule has 0 spiro atoms. The molecule has 0 saturated carbocycles. The van der Waals surface area contributed by atoms with E-state index in [-0.39, 0.29) is 17.8 Å². The number of nitrogens with zero attached hydrogens (tertiary/aromatic N) is 1. The lowest BCUT2D eigenvalue weighted by molar-refractivity contribution is -0.140. The Morgan fingerprint density at radius 1 is 1.48 bits per heavy atom. The number of benzene rings is 1. The van der Waals surface area contributed by atoms with Gasteiger partial charge in [0.1, 0.15) is 6.10 Å². The third-order valence-electron chi connectivity index (χ3n) is 3.35. The minimum Gasteiger partial charge on any atom is -0.504 e. The van der Waals surface area contributed by atoms with Gasteiger partial charge in [-0.25, -0.2) is 0 Å². The van der Waals surface area contributed by atoms with Crippen molar-refractivity contribution in [1.82, 2.24) is 0 Å². The molecule has 2 rings (SSSR count). The second-order valence-corrected chi connectivity index (χ2v) is 4.88. The van der Waals surface area contributed by atoms with Crippen molar-refractivity contribution in [2.45, 2.75) is 31.8 Å². The number of phenolic OH excluding ortho intramolecular Hbond substituents is 1. The third-order valence-corrected chi connectivity index (χ3v) is 3.35. The number of aromatic hydroxyl groups is 1. The van der Waals surface area contributed by atoms with Crippen LogP contribution in [0.2, 0.25) is 0 Å². The number of methoxy groups -OCH3 is 2. The summed E-state index contributed by atoms with van der Waals surface area (Å²) in [5, 5.41) is 13.6. The number of ether oxygens (including phenoxy) is 2. The average Bonchev–Trinajstić information content (AvgIpc) is 2.94. The van der Waals surface area contributed by atoms with Gasteiger partial charge in [0.2, 0.25) is 0 Å². The molecule has 0 aromatic heterocycles. The zero-order valence-corrected chi connectivity index (χ0v) is 12.2. The van der Waals surface area contributed by atoms with Crippen LogP contribution < -0.4 is 4.74 Å². The zero-order chi connectivity index (χ0) is 15.2. The highest BCUT2D eigenvalue weighted by atomic mass is 16.6. The maximum atomic E-state index is 11.1. The fourth-order valence-corrected chi connectivity index (χ4v) is 2.20. The van der Waals surface area contributed by atoms with Crippen LogP contribution in [0.4, 0.5) is 0 Å². The second kappa shape index (κ2) is 6.97. The minimum absolute atomic E-state index is 0.0492. The van der Waals surface area contributed by atoms with Gasteiger partial charge in [0, 0.05) is 12.8 Å². The maximum absolute atomic E-state index is 11.1. The molecule has 1 aromatic carbocycles. The molecule has 114 valence electrons. The maximum Gasteiger partial charge on any atom is 0.305 e. The fraction of sp³-hybridized carbons (Fsp3) is 0.467. The average molecular weight is 293 g/mol. The molecule has 0 fully saturated rings. The van der Waals surface area contributed by atoms with Crippen LogP contribution in [0.25, 0.3) is 0 Å². The van der Waals surface area contributed by atoms with Gasteiger partial charge in [-0.15, -0.1) is 0 Å².